The molecule has 2 aromatic carbocycles. The summed E-state index contributed by atoms with van der Waals surface area (Å²) in [6.45, 7) is 2.72. The zero-order valence-corrected chi connectivity index (χ0v) is 11.9. The lowest BCUT2D eigenvalue weighted by molar-refractivity contribution is 1.11. The lowest BCUT2D eigenvalue weighted by Crippen LogP contribution is -2.02. The zero-order valence-electron chi connectivity index (χ0n) is 11.1. The molecular formula is C16H14ClN3. The van der Waals surface area contributed by atoms with Crippen LogP contribution in [0.4, 0.5) is 5.82 Å². The maximum atomic E-state index is 5.96. The highest BCUT2D eigenvalue weighted by molar-refractivity contribution is 6.30. The molecule has 3 aromatic rings. The Labute approximate surface area is 122 Å². The Balaban J connectivity index is 1.79. The molecule has 0 aliphatic heterocycles. The molecule has 0 aliphatic carbocycles. The van der Waals surface area contributed by atoms with Gasteiger partial charge in [-0.1, -0.05) is 29.8 Å². The molecule has 0 saturated heterocycles. The monoisotopic (exact) mass is 283 g/mol. The predicted octanol–water partition coefficient (Wildman–Crippen LogP) is 4.20. The quantitative estimate of drug-likeness (QED) is 0.783. The van der Waals surface area contributed by atoms with Crippen LogP contribution in [0.5, 0.6) is 0 Å². The Kier molecular flexibility index (Phi) is 3.52. The van der Waals surface area contributed by atoms with Gasteiger partial charge in [0, 0.05) is 11.6 Å². The lowest BCUT2D eigenvalue weighted by Gasteiger charge is -2.07. The Morgan fingerprint density at radius 1 is 1.10 bits per heavy atom. The number of aryl methyl sites for hydroxylation is 1. The van der Waals surface area contributed by atoms with E-state index in [9.17, 15) is 0 Å². The van der Waals surface area contributed by atoms with Crippen LogP contribution in [0.2, 0.25) is 5.02 Å². The molecule has 3 rings (SSSR count). The van der Waals surface area contributed by atoms with Gasteiger partial charge >= 0.3 is 0 Å². The number of hydrogen-bond donors (Lipinski definition) is 1. The van der Waals surface area contributed by atoms with Gasteiger partial charge < -0.3 is 5.32 Å². The highest BCUT2D eigenvalue weighted by Crippen LogP contribution is 2.15. The molecule has 1 N–H and O–H groups in total. The van der Waals surface area contributed by atoms with E-state index in [1.54, 1.807) is 6.20 Å². The van der Waals surface area contributed by atoms with Gasteiger partial charge in [-0.05, 0) is 42.3 Å². The largest absolute Gasteiger partial charge is 0.365 e. The van der Waals surface area contributed by atoms with Crippen LogP contribution in [0.3, 0.4) is 0 Å². The van der Waals surface area contributed by atoms with Crippen molar-refractivity contribution in [3.8, 4) is 0 Å². The number of fused-ring (bicyclic) bond motifs is 1. The van der Waals surface area contributed by atoms with Crippen molar-refractivity contribution in [2.75, 3.05) is 5.32 Å². The van der Waals surface area contributed by atoms with E-state index < -0.39 is 0 Å². The van der Waals surface area contributed by atoms with Gasteiger partial charge in [0.25, 0.3) is 0 Å². The molecule has 0 aliphatic rings. The third-order valence-electron chi connectivity index (χ3n) is 3.06. The van der Waals surface area contributed by atoms with Gasteiger partial charge in [0.15, 0.2) is 0 Å². The molecule has 1 heterocycles. The van der Waals surface area contributed by atoms with Crippen molar-refractivity contribution < 1.29 is 0 Å². The summed E-state index contributed by atoms with van der Waals surface area (Å²) in [5.74, 6) is 0.765. The van der Waals surface area contributed by atoms with E-state index in [-0.39, 0.29) is 0 Å². The first-order valence-corrected chi connectivity index (χ1v) is 6.80. The molecule has 0 amide bonds. The summed E-state index contributed by atoms with van der Waals surface area (Å²) >= 11 is 5.96. The number of nitrogens with one attached hydrogen (secondary N) is 1. The van der Waals surface area contributed by atoms with Crippen molar-refractivity contribution in [2.24, 2.45) is 0 Å². The molecule has 0 bridgehead atoms. The van der Waals surface area contributed by atoms with E-state index in [2.05, 4.69) is 15.3 Å². The van der Waals surface area contributed by atoms with Crippen molar-refractivity contribution >= 4 is 28.5 Å². The number of anilines is 1. The van der Waals surface area contributed by atoms with E-state index in [0.717, 1.165) is 27.4 Å². The predicted molar refractivity (Wildman–Crippen MR) is 83.1 cm³/mol. The number of benzene rings is 2. The molecule has 0 saturated carbocycles. The maximum Gasteiger partial charge on any atom is 0.145 e. The van der Waals surface area contributed by atoms with Crippen LogP contribution < -0.4 is 5.32 Å². The summed E-state index contributed by atoms with van der Waals surface area (Å²) in [7, 11) is 0. The molecule has 0 unspecified atom stereocenters. The van der Waals surface area contributed by atoms with E-state index in [1.807, 2.05) is 49.4 Å². The van der Waals surface area contributed by atoms with E-state index >= 15 is 0 Å². The summed E-state index contributed by atoms with van der Waals surface area (Å²) in [5.41, 5.74) is 4.11. The Morgan fingerprint density at radius 2 is 2.00 bits per heavy atom. The number of nitrogens with zero attached hydrogens (tertiary/aromatic N) is 2. The van der Waals surface area contributed by atoms with Crippen molar-refractivity contribution in [1.29, 1.82) is 0 Å². The van der Waals surface area contributed by atoms with Crippen LogP contribution in [-0.2, 0) is 6.54 Å². The first-order valence-electron chi connectivity index (χ1n) is 6.42. The summed E-state index contributed by atoms with van der Waals surface area (Å²) < 4.78 is 0. The molecular weight excluding hydrogens is 270 g/mol. The fourth-order valence-electron chi connectivity index (χ4n) is 2.05. The van der Waals surface area contributed by atoms with Crippen LogP contribution in [0.1, 0.15) is 11.1 Å². The summed E-state index contributed by atoms with van der Waals surface area (Å²) in [6.07, 6.45) is 1.76. The summed E-state index contributed by atoms with van der Waals surface area (Å²) in [6, 6.07) is 13.8. The second-order valence-electron chi connectivity index (χ2n) is 4.73. The molecule has 0 radical (unpaired) electrons. The topological polar surface area (TPSA) is 37.8 Å². The van der Waals surface area contributed by atoms with Crippen molar-refractivity contribution in [3.05, 3.63) is 64.8 Å². The molecule has 100 valence electrons. The third-order valence-corrected chi connectivity index (χ3v) is 3.30. The fraction of sp³-hybridized carbons (Fsp3) is 0.125. The molecule has 3 nitrogen and oxygen atoms in total. The smallest absolute Gasteiger partial charge is 0.145 e. The van der Waals surface area contributed by atoms with Gasteiger partial charge in [-0.15, -0.1) is 0 Å². The molecule has 20 heavy (non-hydrogen) atoms. The molecule has 0 fully saturated rings. The highest BCUT2D eigenvalue weighted by Gasteiger charge is 2.00. The number of rotatable bonds is 3. The van der Waals surface area contributed by atoms with Gasteiger partial charge in [-0.3, -0.25) is 4.98 Å². The van der Waals surface area contributed by atoms with Crippen molar-refractivity contribution in [3.63, 3.8) is 0 Å². The van der Waals surface area contributed by atoms with E-state index in [4.69, 9.17) is 11.6 Å². The number of hydrogen-bond acceptors (Lipinski definition) is 3. The fourth-order valence-corrected chi connectivity index (χ4v) is 2.26. The van der Waals surface area contributed by atoms with Crippen molar-refractivity contribution in [1.82, 2.24) is 9.97 Å². The highest BCUT2D eigenvalue weighted by atomic mass is 35.5. The lowest BCUT2D eigenvalue weighted by atomic mass is 10.2. The second kappa shape index (κ2) is 5.47. The number of halogens is 1. The minimum Gasteiger partial charge on any atom is -0.365 e. The van der Waals surface area contributed by atoms with Gasteiger partial charge in [-0.25, -0.2) is 4.98 Å². The van der Waals surface area contributed by atoms with Crippen LogP contribution in [0.25, 0.3) is 11.0 Å². The van der Waals surface area contributed by atoms with Gasteiger partial charge in [0.05, 0.1) is 17.2 Å². The van der Waals surface area contributed by atoms with Crippen LogP contribution >= 0.6 is 11.6 Å². The Hall–Kier alpha value is -2.13. The summed E-state index contributed by atoms with van der Waals surface area (Å²) in [4.78, 5) is 8.97. The second-order valence-corrected chi connectivity index (χ2v) is 5.17. The molecule has 1 aromatic heterocycles. The molecule has 0 spiro atoms. The SMILES string of the molecule is Cc1ccc2nc(NCc3cccc(Cl)c3)cnc2c1. The molecule has 4 heteroatoms. The average Bonchev–Trinajstić information content (AvgIpc) is 2.45. The van der Waals surface area contributed by atoms with E-state index in [1.165, 1.54) is 5.56 Å². The zero-order chi connectivity index (χ0) is 13.9. The van der Waals surface area contributed by atoms with Crippen LogP contribution in [0.15, 0.2) is 48.7 Å². The average molecular weight is 284 g/mol. The maximum absolute atomic E-state index is 5.96. The normalized spacial score (nSPS) is 10.7. The first kappa shape index (κ1) is 12.9. The minimum atomic E-state index is 0.673. The van der Waals surface area contributed by atoms with E-state index in [0.29, 0.717) is 6.54 Å². The first-order chi connectivity index (χ1) is 9.70. The molecule has 0 atom stereocenters. The standard InChI is InChI=1S/C16H14ClN3/c1-11-5-6-14-15(7-11)18-10-16(20-14)19-9-12-3-2-4-13(17)8-12/h2-8,10H,9H2,1H3,(H,19,20). The third kappa shape index (κ3) is 2.89. The van der Waals surface area contributed by atoms with Crippen LogP contribution in [-0.4, -0.2) is 9.97 Å². The minimum absolute atomic E-state index is 0.673. The van der Waals surface area contributed by atoms with Gasteiger partial charge in [0.2, 0.25) is 0 Å². The van der Waals surface area contributed by atoms with Crippen LogP contribution in [0, 0.1) is 6.92 Å². The Bertz CT molecular complexity index is 756. The van der Waals surface area contributed by atoms with Gasteiger partial charge in [0.1, 0.15) is 5.82 Å². The van der Waals surface area contributed by atoms with Crippen molar-refractivity contribution in [2.45, 2.75) is 13.5 Å². The van der Waals surface area contributed by atoms with Gasteiger partial charge in [-0.2, -0.15) is 0 Å². The number of aromatic nitrogens is 2. The summed E-state index contributed by atoms with van der Waals surface area (Å²) in [5, 5.41) is 4.00. The Morgan fingerprint density at radius 3 is 2.85 bits per heavy atom.